The Morgan fingerprint density at radius 1 is 1.14 bits per heavy atom. The molecule has 15 nitrogen and oxygen atoms in total. The second-order valence-electron chi connectivity index (χ2n) is 7.66. The Morgan fingerprint density at radius 2 is 1.89 bits per heavy atom. The summed E-state index contributed by atoms with van der Waals surface area (Å²) in [5.74, 6) is -2.79. The molecule has 16 heteroatoms. The van der Waals surface area contributed by atoms with Crippen LogP contribution in [0.5, 0.6) is 0 Å². The van der Waals surface area contributed by atoms with Crippen molar-refractivity contribution in [3.05, 3.63) is 47.9 Å². The number of amides is 1. The van der Waals surface area contributed by atoms with Gasteiger partial charge in [-0.3, -0.25) is 9.35 Å². The minimum atomic E-state index is -4.37. The average molecular weight is 518 g/mol. The summed E-state index contributed by atoms with van der Waals surface area (Å²) in [5, 5.41) is 12.2. The summed E-state index contributed by atoms with van der Waals surface area (Å²) in [4.78, 5) is 40.5. The fraction of sp³-hybridized carbons (Fsp3) is 0.200. The number of fused-ring (bicyclic) bond motifs is 2. The van der Waals surface area contributed by atoms with Crippen LogP contribution in [0.1, 0.15) is 22.5 Å². The molecule has 0 bridgehead atoms. The number of nitrogens with two attached hydrogens (primary N) is 2. The first kappa shape index (κ1) is 26.2. The SMILES string of the molecule is N.Nc1nc(N)c2nc(Cn3ccc4cc(C(=O)N[C@@H](CCS(=O)(=O)O)C(=O)O)ccc43)cnc2n1. The number of anilines is 2. The zero-order valence-corrected chi connectivity index (χ0v) is 19.5. The number of carbonyl (C=O) groups is 2. The first-order valence-corrected chi connectivity index (χ1v) is 11.7. The molecular formula is C20H23N9O6S. The number of aliphatic carboxylic acids is 1. The molecule has 0 unspecified atom stereocenters. The molecule has 1 atom stereocenters. The van der Waals surface area contributed by atoms with Gasteiger partial charge >= 0.3 is 5.97 Å². The van der Waals surface area contributed by atoms with Crippen LogP contribution in [0.4, 0.5) is 11.8 Å². The molecule has 190 valence electrons. The van der Waals surface area contributed by atoms with Gasteiger partial charge in [-0.25, -0.2) is 14.8 Å². The average Bonchev–Trinajstić information content (AvgIpc) is 3.18. The number of hydrogen-bond donors (Lipinski definition) is 6. The highest BCUT2D eigenvalue weighted by Crippen LogP contribution is 2.20. The Hall–Kier alpha value is -4.41. The molecule has 1 amide bonds. The maximum absolute atomic E-state index is 12.6. The molecule has 0 fully saturated rings. The van der Waals surface area contributed by atoms with E-state index in [0.29, 0.717) is 23.1 Å². The number of carbonyl (C=O) groups excluding carboxylic acids is 1. The second kappa shape index (κ2) is 10.1. The highest BCUT2D eigenvalue weighted by Gasteiger charge is 2.23. The number of nitrogens with zero attached hydrogens (tertiary/aromatic N) is 5. The normalized spacial score (nSPS) is 12.2. The molecule has 3 heterocycles. The molecule has 0 radical (unpaired) electrons. The van der Waals surface area contributed by atoms with Gasteiger partial charge < -0.3 is 32.6 Å². The number of benzene rings is 1. The lowest BCUT2D eigenvalue weighted by Gasteiger charge is -2.14. The molecule has 3 aromatic heterocycles. The molecule has 0 saturated heterocycles. The van der Waals surface area contributed by atoms with Gasteiger partial charge in [-0.2, -0.15) is 18.4 Å². The standard InChI is InChI=1S/C20H20N8O6S.H3N/c21-16-15-17(27-20(22)26-16)23-8-12(24-15)9-28-5-3-10-7-11(1-2-14(10)28)18(29)25-13(19(30)31)4-6-35(32,33)34;/h1-3,5,7-8,13H,4,6,9H2,(H,25,29)(H,30,31)(H,32,33,34)(H4,21,22,23,26,27);1H3/t13-;/m0./s1. The third-order valence-electron chi connectivity index (χ3n) is 5.13. The molecule has 0 aliphatic rings. The van der Waals surface area contributed by atoms with E-state index in [-0.39, 0.29) is 29.1 Å². The third kappa shape index (κ3) is 5.80. The highest BCUT2D eigenvalue weighted by atomic mass is 32.2. The van der Waals surface area contributed by atoms with Gasteiger partial charge in [0.15, 0.2) is 17.0 Å². The van der Waals surface area contributed by atoms with Crippen molar-refractivity contribution in [3.63, 3.8) is 0 Å². The Balaban J connectivity index is 0.00000361. The van der Waals surface area contributed by atoms with E-state index in [1.165, 1.54) is 6.07 Å². The Bertz CT molecular complexity index is 1570. The van der Waals surface area contributed by atoms with Crippen LogP contribution in [0.15, 0.2) is 36.7 Å². The predicted molar refractivity (Wildman–Crippen MR) is 130 cm³/mol. The number of aromatic nitrogens is 5. The number of nitrogen functional groups attached to an aromatic ring is 2. The largest absolute Gasteiger partial charge is 0.480 e. The third-order valence-corrected chi connectivity index (χ3v) is 5.89. The fourth-order valence-corrected chi connectivity index (χ4v) is 4.01. The van der Waals surface area contributed by atoms with E-state index in [4.69, 9.17) is 16.0 Å². The summed E-state index contributed by atoms with van der Waals surface area (Å²) < 4.78 is 32.5. The molecule has 1 aromatic carbocycles. The summed E-state index contributed by atoms with van der Waals surface area (Å²) in [5.41, 5.74) is 13.6. The quantitative estimate of drug-likeness (QED) is 0.171. The summed E-state index contributed by atoms with van der Waals surface area (Å²) in [6.45, 7) is 0.332. The van der Waals surface area contributed by atoms with Gasteiger partial charge in [0.2, 0.25) is 5.95 Å². The van der Waals surface area contributed by atoms with Gasteiger partial charge in [0, 0.05) is 22.7 Å². The Labute approximate surface area is 203 Å². The zero-order valence-electron chi connectivity index (χ0n) is 18.7. The van der Waals surface area contributed by atoms with E-state index in [0.717, 1.165) is 5.52 Å². The zero-order chi connectivity index (χ0) is 25.3. The van der Waals surface area contributed by atoms with E-state index in [1.54, 1.807) is 30.6 Å². The summed E-state index contributed by atoms with van der Waals surface area (Å²) in [6.07, 6.45) is 2.85. The lowest BCUT2D eigenvalue weighted by atomic mass is 10.1. The Morgan fingerprint density at radius 3 is 2.58 bits per heavy atom. The van der Waals surface area contributed by atoms with Crippen LogP contribution < -0.4 is 22.9 Å². The van der Waals surface area contributed by atoms with Crippen molar-refractivity contribution in [2.75, 3.05) is 17.2 Å². The number of carboxylic acids is 1. The van der Waals surface area contributed by atoms with Crippen molar-refractivity contribution in [1.29, 1.82) is 0 Å². The van der Waals surface area contributed by atoms with E-state index < -0.39 is 40.2 Å². The van der Waals surface area contributed by atoms with Gasteiger partial charge in [0.1, 0.15) is 6.04 Å². The van der Waals surface area contributed by atoms with Gasteiger partial charge in [-0.05, 0) is 30.7 Å². The van der Waals surface area contributed by atoms with Crippen molar-refractivity contribution < 1.29 is 27.7 Å². The fourth-order valence-electron chi connectivity index (χ4n) is 3.48. The van der Waals surface area contributed by atoms with E-state index in [2.05, 4.69) is 25.3 Å². The number of carboxylic acid groups (broad SMARTS) is 1. The monoisotopic (exact) mass is 517 g/mol. The van der Waals surface area contributed by atoms with Crippen LogP contribution in [0.3, 0.4) is 0 Å². The lowest BCUT2D eigenvalue weighted by molar-refractivity contribution is -0.139. The van der Waals surface area contributed by atoms with Gasteiger partial charge in [0.05, 0.1) is 24.2 Å². The maximum atomic E-state index is 12.6. The molecule has 4 aromatic rings. The predicted octanol–water partition coefficient (Wildman–Crippen LogP) is 0.210. The summed E-state index contributed by atoms with van der Waals surface area (Å²) in [6, 6.07) is 5.06. The Kier molecular flexibility index (Phi) is 7.32. The van der Waals surface area contributed by atoms with Crippen LogP contribution in [0, 0.1) is 0 Å². The van der Waals surface area contributed by atoms with Crippen molar-refractivity contribution in [3.8, 4) is 0 Å². The van der Waals surface area contributed by atoms with Crippen molar-refractivity contribution >= 4 is 55.8 Å². The molecular weight excluding hydrogens is 494 g/mol. The molecule has 4 rings (SSSR count). The lowest BCUT2D eigenvalue weighted by Crippen LogP contribution is -2.41. The minimum absolute atomic E-state index is 0. The molecule has 0 aliphatic carbocycles. The first-order chi connectivity index (χ1) is 16.5. The van der Waals surface area contributed by atoms with Crippen LogP contribution in [0.2, 0.25) is 0 Å². The van der Waals surface area contributed by atoms with Crippen LogP contribution in [-0.2, 0) is 21.5 Å². The molecule has 0 spiro atoms. The van der Waals surface area contributed by atoms with Crippen LogP contribution >= 0.6 is 0 Å². The van der Waals surface area contributed by atoms with Crippen molar-refractivity contribution in [2.45, 2.75) is 19.0 Å². The maximum Gasteiger partial charge on any atom is 0.326 e. The molecule has 0 saturated carbocycles. The van der Waals surface area contributed by atoms with Gasteiger partial charge in [-0.1, -0.05) is 0 Å². The van der Waals surface area contributed by atoms with E-state index in [9.17, 15) is 23.1 Å². The topological polar surface area (TPSA) is 264 Å². The number of nitrogens with one attached hydrogen (secondary N) is 1. The number of rotatable bonds is 8. The second-order valence-corrected chi connectivity index (χ2v) is 9.23. The van der Waals surface area contributed by atoms with Crippen molar-refractivity contribution in [2.24, 2.45) is 0 Å². The van der Waals surface area contributed by atoms with Gasteiger partial charge in [-0.15, -0.1) is 0 Å². The van der Waals surface area contributed by atoms with Gasteiger partial charge in [0.25, 0.3) is 16.0 Å². The molecule has 36 heavy (non-hydrogen) atoms. The highest BCUT2D eigenvalue weighted by molar-refractivity contribution is 7.85. The van der Waals surface area contributed by atoms with E-state index >= 15 is 0 Å². The van der Waals surface area contributed by atoms with Crippen LogP contribution in [-0.4, -0.2) is 66.3 Å². The van der Waals surface area contributed by atoms with E-state index in [1.807, 2.05) is 4.57 Å². The minimum Gasteiger partial charge on any atom is -0.480 e. The molecule has 0 aliphatic heterocycles. The summed E-state index contributed by atoms with van der Waals surface area (Å²) >= 11 is 0. The smallest absolute Gasteiger partial charge is 0.326 e. The van der Waals surface area contributed by atoms with Crippen LogP contribution in [0.25, 0.3) is 22.1 Å². The number of hydrogen-bond acceptors (Lipinski definition) is 11. The molecule has 10 N–H and O–H groups in total. The summed E-state index contributed by atoms with van der Waals surface area (Å²) in [7, 11) is -4.37. The van der Waals surface area contributed by atoms with Crippen molar-refractivity contribution in [1.82, 2.24) is 36.0 Å². The first-order valence-electron chi connectivity index (χ1n) is 10.1.